The highest BCUT2D eigenvalue weighted by Crippen LogP contribution is 2.34. The maximum Gasteiger partial charge on any atom is 0.335 e. The Labute approximate surface area is 166 Å². The van der Waals surface area contributed by atoms with Crippen molar-refractivity contribution in [3.05, 3.63) is 59.2 Å². The first kappa shape index (κ1) is 18.7. The summed E-state index contributed by atoms with van der Waals surface area (Å²) in [7, 11) is 0. The van der Waals surface area contributed by atoms with E-state index in [1.54, 1.807) is 24.3 Å². The SMILES string of the molecule is NCCCC1=NN(c2ccc(C(=O)O)cc2)C(=O)/C1=C\c1ccc2c(c1)OCO2. The average Bonchev–Trinajstić information content (AvgIpc) is 3.31. The van der Waals surface area contributed by atoms with Crippen molar-refractivity contribution >= 4 is 29.4 Å². The topological polar surface area (TPSA) is 114 Å². The van der Waals surface area contributed by atoms with Crippen molar-refractivity contribution in [2.75, 3.05) is 18.3 Å². The first-order chi connectivity index (χ1) is 14.1. The number of hydrazone groups is 1. The smallest absolute Gasteiger partial charge is 0.335 e. The summed E-state index contributed by atoms with van der Waals surface area (Å²) in [6.07, 6.45) is 3.02. The third-order valence-electron chi connectivity index (χ3n) is 4.64. The van der Waals surface area contributed by atoms with Crippen LogP contribution < -0.4 is 20.2 Å². The second-order valence-electron chi connectivity index (χ2n) is 6.58. The second-order valence-corrected chi connectivity index (χ2v) is 6.58. The maximum atomic E-state index is 13.1. The van der Waals surface area contributed by atoms with E-state index in [1.807, 2.05) is 12.1 Å². The van der Waals surface area contributed by atoms with E-state index in [9.17, 15) is 9.59 Å². The van der Waals surface area contributed by atoms with Crippen LogP contribution in [-0.4, -0.2) is 36.0 Å². The highest BCUT2D eigenvalue weighted by molar-refractivity contribution is 6.32. The van der Waals surface area contributed by atoms with Crippen LogP contribution in [0.5, 0.6) is 11.5 Å². The Balaban J connectivity index is 1.67. The number of carboxylic acid groups (broad SMARTS) is 1. The number of benzene rings is 2. The molecule has 148 valence electrons. The van der Waals surface area contributed by atoms with Crippen LogP contribution in [0.15, 0.2) is 53.1 Å². The van der Waals surface area contributed by atoms with Gasteiger partial charge in [0.15, 0.2) is 11.5 Å². The molecule has 0 saturated heterocycles. The van der Waals surface area contributed by atoms with Gasteiger partial charge in [-0.05, 0) is 67.4 Å². The predicted molar refractivity (Wildman–Crippen MR) is 107 cm³/mol. The molecule has 0 spiro atoms. The fourth-order valence-electron chi connectivity index (χ4n) is 3.15. The number of hydrogen-bond donors (Lipinski definition) is 2. The van der Waals surface area contributed by atoms with Crippen LogP contribution in [0, 0.1) is 0 Å². The molecule has 0 saturated carbocycles. The zero-order chi connectivity index (χ0) is 20.4. The van der Waals surface area contributed by atoms with Crippen LogP contribution in [0.4, 0.5) is 5.69 Å². The zero-order valence-electron chi connectivity index (χ0n) is 15.5. The molecular formula is C21H19N3O5. The van der Waals surface area contributed by atoms with Crippen molar-refractivity contribution in [1.82, 2.24) is 0 Å². The fourth-order valence-corrected chi connectivity index (χ4v) is 3.15. The molecule has 8 nitrogen and oxygen atoms in total. The van der Waals surface area contributed by atoms with Crippen LogP contribution in [0.1, 0.15) is 28.8 Å². The molecule has 4 rings (SSSR count). The lowest BCUT2D eigenvalue weighted by Crippen LogP contribution is -2.21. The van der Waals surface area contributed by atoms with Crippen LogP contribution in [-0.2, 0) is 4.79 Å². The number of aromatic carboxylic acids is 1. The molecule has 29 heavy (non-hydrogen) atoms. The van der Waals surface area contributed by atoms with Crippen molar-refractivity contribution in [3.63, 3.8) is 0 Å². The van der Waals surface area contributed by atoms with Crippen molar-refractivity contribution in [3.8, 4) is 11.5 Å². The molecular weight excluding hydrogens is 374 g/mol. The van der Waals surface area contributed by atoms with Crippen molar-refractivity contribution in [2.45, 2.75) is 12.8 Å². The number of fused-ring (bicyclic) bond motifs is 1. The average molecular weight is 393 g/mol. The number of carboxylic acids is 1. The molecule has 2 aliphatic heterocycles. The third kappa shape index (κ3) is 3.70. The van der Waals surface area contributed by atoms with E-state index in [4.69, 9.17) is 20.3 Å². The van der Waals surface area contributed by atoms with Gasteiger partial charge in [0.1, 0.15) is 0 Å². The number of amides is 1. The Morgan fingerprint density at radius 2 is 1.93 bits per heavy atom. The van der Waals surface area contributed by atoms with E-state index >= 15 is 0 Å². The molecule has 0 aliphatic carbocycles. The van der Waals surface area contributed by atoms with Crippen molar-refractivity contribution < 1.29 is 24.2 Å². The van der Waals surface area contributed by atoms with Gasteiger partial charge in [0.2, 0.25) is 6.79 Å². The largest absolute Gasteiger partial charge is 0.478 e. The van der Waals surface area contributed by atoms with Gasteiger partial charge >= 0.3 is 5.97 Å². The predicted octanol–water partition coefficient (Wildman–Crippen LogP) is 2.64. The van der Waals surface area contributed by atoms with Gasteiger partial charge in [0, 0.05) is 0 Å². The van der Waals surface area contributed by atoms with E-state index in [-0.39, 0.29) is 18.3 Å². The fraction of sp³-hybridized carbons (Fsp3) is 0.190. The Morgan fingerprint density at radius 1 is 1.17 bits per heavy atom. The minimum Gasteiger partial charge on any atom is -0.478 e. The molecule has 1 amide bonds. The Morgan fingerprint density at radius 3 is 2.66 bits per heavy atom. The standard InChI is InChI=1S/C21H19N3O5/c22-9-1-2-17-16(10-13-3-8-18-19(11-13)29-12-28-18)20(25)24(23-17)15-6-4-14(5-7-15)21(26)27/h3-8,10-11H,1-2,9,12,22H2,(H,26,27)/b16-10-. The zero-order valence-corrected chi connectivity index (χ0v) is 15.5. The van der Waals surface area contributed by atoms with Gasteiger partial charge in [-0.25, -0.2) is 4.79 Å². The lowest BCUT2D eigenvalue weighted by molar-refractivity contribution is -0.114. The quantitative estimate of drug-likeness (QED) is 0.729. The number of anilines is 1. The van der Waals surface area contributed by atoms with Gasteiger partial charge in [-0.2, -0.15) is 10.1 Å². The summed E-state index contributed by atoms with van der Waals surface area (Å²) in [4.78, 5) is 24.1. The van der Waals surface area contributed by atoms with Gasteiger partial charge in [0.25, 0.3) is 5.91 Å². The van der Waals surface area contributed by atoms with E-state index in [0.717, 1.165) is 5.56 Å². The molecule has 0 fully saturated rings. The van der Waals surface area contributed by atoms with Crippen LogP contribution in [0.25, 0.3) is 6.08 Å². The Kier molecular flexibility index (Phi) is 5.01. The molecule has 2 heterocycles. The summed E-state index contributed by atoms with van der Waals surface area (Å²) in [6.45, 7) is 0.662. The Hall–Kier alpha value is -3.65. The second kappa shape index (κ2) is 7.76. The number of ether oxygens (including phenoxy) is 2. The van der Waals surface area contributed by atoms with Crippen LogP contribution in [0.2, 0.25) is 0 Å². The molecule has 2 aromatic carbocycles. The number of nitrogens with two attached hydrogens (primary N) is 1. The first-order valence-electron chi connectivity index (χ1n) is 9.14. The highest BCUT2D eigenvalue weighted by Gasteiger charge is 2.31. The lowest BCUT2D eigenvalue weighted by Gasteiger charge is -2.11. The third-order valence-corrected chi connectivity index (χ3v) is 4.64. The lowest BCUT2D eigenvalue weighted by atomic mass is 10.0. The molecule has 0 bridgehead atoms. The summed E-state index contributed by atoms with van der Waals surface area (Å²) < 4.78 is 10.7. The summed E-state index contributed by atoms with van der Waals surface area (Å²) >= 11 is 0. The number of carbonyl (C=O) groups excluding carboxylic acids is 1. The van der Waals surface area contributed by atoms with Gasteiger partial charge < -0.3 is 20.3 Å². The summed E-state index contributed by atoms with van der Waals surface area (Å²) in [5.74, 6) is -0.00832. The molecule has 3 N–H and O–H groups in total. The Bertz CT molecular complexity index is 1030. The summed E-state index contributed by atoms with van der Waals surface area (Å²) in [5, 5.41) is 14.8. The van der Waals surface area contributed by atoms with Crippen LogP contribution >= 0.6 is 0 Å². The van der Waals surface area contributed by atoms with E-state index in [1.165, 1.54) is 17.1 Å². The molecule has 0 atom stereocenters. The molecule has 2 aliphatic rings. The maximum absolute atomic E-state index is 13.1. The van der Waals surface area contributed by atoms with Gasteiger partial charge in [0.05, 0.1) is 22.5 Å². The number of rotatable bonds is 6. The molecule has 8 heteroatoms. The van der Waals surface area contributed by atoms with E-state index in [2.05, 4.69) is 5.10 Å². The minimum atomic E-state index is -1.03. The number of nitrogens with zero attached hydrogens (tertiary/aromatic N) is 2. The molecule has 0 aromatic heterocycles. The normalized spacial score (nSPS) is 16.4. The van der Waals surface area contributed by atoms with Gasteiger partial charge in [-0.1, -0.05) is 6.07 Å². The molecule has 0 unspecified atom stereocenters. The van der Waals surface area contributed by atoms with Crippen molar-refractivity contribution in [1.29, 1.82) is 0 Å². The van der Waals surface area contributed by atoms with E-state index in [0.29, 0.717) is 47.9 Å². The number of hydrogen-bond acceptors (Lipinski definition) is 6. The first-order valence-corrected chi connectivity index (χ1v) is 9.14. The molecule has 2 aromatic rings. The van der Waals surface area contributed by atoms with Crippen LogP contribution in [0.3, 0.4) is 0 Å². The van der Waals surface area contributed by atoms with E-state index < -0.39 is 5.97 Å². The minimum absolute atomic E-state index is 0.142. The monoisotopic (exact) mass is 393 g/mol. The van der Waals surface area contributed by atoms with Gasteiger partial charge in [-0.15, -0.1) is 0 Å². The summed E-state index contributed by atoms with van der Waals surface area (Å²) in [6, 6.07) is 11.5. The summed E-state index contributed by atoms with van der Waals surface area (Å²) in [5.41, 5.74) is 8.18. The highest BCUT2D eigenvalue weighted by atomic mass is 16.7. The molecule has 0 radical (unpaired) electrons. The number of carbonyl (C=O) groups is 2. The van der Waals surface area contributed by atoms with Crippen molar-refractivity contribution in [2.24, 2.45) is 10.8 Å². The van der Waals surface area contributed by atoms with Gasteiger partial charge in [-0.3, -0.25) is 4.79 Å².